The van der Waals surface area contributed by atoms with Gasteiger partial charge in [-0.1, -0.05) is 5.16 Å². The SMILES string of the molecule is CS(=O)(=O)c1ccc(-c2noc(C3(n4cccn4)CCNCC3)n2)cc1. The number of rotatable bonds is 4. The van der Waals surface area contributed by atoms with Gasteiger partial charge in [0, 0.05) is 24.2 Å². The minimum atomic E-state index is -3.24. The molecular weight excluding hydrogens is 354 g/mol. The molecular formula is C17H19N5O3S. The van der Waals surface area contributed by atoms with Gasteiger partial charge in [-0.25, -0.2) is 8.42 Å². The van der Waals surface area contributed by atoms with E-state index in [4.69, 9.17) is 4.52 Å². The topological polar surface area (TPSA) is 103 Å². The van der Waals surface area contributed by atoms with Gasteiger partial charge in [0.1, 0.15) is 5.54 Å². The second-order valence-electron chi connectivity index (χ2n) is 6.45. The van der Waals surface area contributed by atoms with Crippen molar-refractivity contribution in [3.63, 3.8) is 0 Å². The van der Waals surface area contributed by atoms with Crippen LogP contribution in [-0.2, 0) is 15.4 Å². The third-order valence-corrected chi connectivity index (χ3v) is 5.87. The lowest BCUT2D eigenvalue weighted by molar-refractivity contribution is 0.172. The lowest BCUT2D eigenvalue weighted by Crippen LogP contribution is -2.45. The Morgan fingerprint density at radius 3 is 2.54 bits per heavy atom. The maximum Gasteiger partial charge on any atom is 0.255 e. The van der Waals surface area contributed by atoms with E-state index in [0.29, 0.717) is 17.3 Å². The Morgan fingerprint density at radius 2 is 1.92 bits per heavy atom. The normalized spacial score (nSPS) is 17.3. The summed E-state index contributed by atoms with van der Waals surface area (Å²) >= 11 is 0. The van der Waals surface area contributed by atoms with Crippen LogP contribution in [0.15, 0.2) is 52.1 Å². The average Bonchev–Trinajstić information content (AvgIpc) is 3.34. The van der Waals surface area contributed by atoms with Crippen LogP contribution < -0.4 is 5.32 Å². The van der Waals surface area contributed by atoms with Crippen molar-refractivity contribution in [1.82, 2.24) is 25.2 Å². The first-order valence-electron chi connectivity index (χ1n) is 8.35. The minimum Gasteiger partial charge on any atom is -0.336 e. The predicted molar refractivity (Wildman–Crippen MR) is 94.3 cm³/mol. The van der Waals surface area contributed by atoms with Crippen molar-refractivity contribution in [2.75, 3.05) is 19.3 Å². The van der Waals surface area contributed by atoms with E-state index in [2.05, 4.69) is 20.6 Å². The standard InChI is InChI=1S/C17H19N5O3S/c1-26(23,24)14-5-3-13(4-6-14)15-20-16(25-21-15)17(7-10-18-11-8-17)22-12-2-9-19-22/h2-6,9,12,18H,7-8,10-11H2,1H3. The molecule has 0 radical (unpaired) electrons. The van der Waals surface area contributed by atoms with E-state index < -0.39 is 15.4 Å². The Labute approximate surface area is 151 Å². The summed E-state index contributed by atoms with van der Waals surface area (Å²) in [5, 5.41) is 11.9. The molecule has 0 bridgehead atoms. The summed E-state index contributed by atoms with van der Waals surface area (Å²) in [5.41, 5.74) is 0.240. The molecule has 0 atom stereocenters. The highest BCUT2D eigenvalue weighted by molar-refractivity contribution is 7.90. The highest BCUT2D eigenvalue weighted by Crippen LogP contribution is 2.34. The number of benzene rings is 1. The molecule has 3 aromatic rings. The van der Waals surface area contributed by atoms with Crippen LogP contribution in [0, 0.1) is 0 Å². The average molecular weight is 373 g/mol. The van der Waals surface area contributed by atoms with E-state index in [0.717, 1.165) is 25.9 Å². The summed E-state index contributed by atoms with van der Waals surface area (Å²) in [7, 11) is -3.24. The summed E-state index contributed by atoms with van der Waals surface area (Å²) in [6.45, 7) is 1.67. The molecule has 3 heterocycles. The Morgan fingerprint density at radius 1 is 1.19 bits per heavy atom. The molecule has 1 aromatic carbocycles. The van der Waals surface area contributed by atoms with Gasteiger partial charge < -0.3 is 9.84 Å². The Bertz CT molecular complexity index is 987. The highest BCUT2D eigenvalue weighted by Gasteiger charge is 2.41. The number of hydrogen-bond donors (Lipinski definition) is 1. The summed E-state index contributed by atoms with van der Waals surface area (Å²) in [4.78, 5) is 4.87. The number of nitrogens with zero attached hydrogens (tertiary/aromatic N) is 4. The van der Waals surface area contributed by atoms with Crippen LogP contribution in [0.2, 0.25) is 0 Å². The van der Waals surface area contributed by atoms with Crippen molar-refractivity contribution in [3.05, 3.63) is 48.6 Å². The van der Waals surface area contributed by atoms with Gasteiger partial charge in [-0.15, -0.1) is 0 Å². The van der Waals surface area contributed by atoms with E-state index in [1.807, 2.05) is 16.9 Å². The van der Waals surface area contributed by atoms with Crippen molar-refractivity contribution in [2.45, 2.75) is 23.3 Å². The molecule has 1 fully saturated rings. The molecule has 0 spiro atoms. The molecule has 1 aliphatic heterocycles. The van der Waals surface area contributed by atoms with E-state index in [1.165, 1.54) is 6.26 Å². The molecule has 0 aliphatic carbocycles. The quantitative estimate of drug-likeness (QED) is 0.738. The van der Waals surface area contributed by atoms with Gasteiger partial charge in [0.25, 0.3) is 5.89 Å². The largest absolute Gasteiger partial charge is 0.336 e. The van der Waals surface area contributed by atoms with Crippen molar-refractivity contribution < 1.29 is 12.9 Å². The molecule has 26 heavy (non-hydrogen) atoms. The molecule has 2 aromatic heterocycles. The highest BCUT2D eigenvalue weighted by atomic mass is 32.2. The maximum atomic E-state index is 11.6. The summed E-state index contributed by atoms with van der Waals surface area (Å²) in [5.74, 6) is 0.954. The number of aromatic nitrogens is 4. The monoisotopic (exact) mass is 373 g/mol. The number of hydrogen-bond acceptors (Lipinski definition) is 7. The van der Waals surface area contributed by atoms with E-state index in [-0.39, 0.29) is 4.90 Å². The van der Waals surface area contributed by atoms with Crippen molar-refractivity contribution in [2.24, 2.45) is 0 Å². The van der Waals surface area contributed by atoms with Gasteiger partial charge in [-0.05, 0) is 56.3 Å². The second kappa shape index (κ2) is 6.33. The minimum absolute atomic E-state index is 0.260. The zero-order valence-corrected chi connectivity index (χ0v) is 15.1. The zero-order valence-electron chi connectivity index (χ0n) is 14.3. The molecule has 9 heteroatoms. The Balaban J connectivity index is 1.70. The molecule has 4 rings (SSSR count). The smallest absolute Gasteiger partial charge is 0.255 e. The number of piperidine rings is 1. The lowest BCUT2D eigenvalue weighted by Gasteiger charge is -2.34. The van der Waals surface area contributed by atoms with Gasteiger partial charge in [-0.2, -0.15) is 10.1 Å². The van der Waals surface area contributed by atoms with Gasteiger partial charge in [0.15, 0.2) is 9.84 Å². The molecule has 0 unspecified atom stereocenters. The second-order valence-corrected chi connectivity index (χ2v) is 8.47. The summed E-state index contributed by atoms with van der Waals surface area (Å²) in [6, 6.07) is 8.36. The van der Waals surface area contributed by atoms with Crippen LogP contribution >= 0.6 is 0 Å². The van der Waals surface area contributed by atoms with Crippen LogP contribution in [0.25, 0.3) is 11.4 Å². The first-order chi connectivity index (χ1) is 12.5. The fourth-order valence-electron chi connectivity index (χ4n) is 3.28. The third kappa shape index (κ3) is 2.93. The first-order valence-corrected chi connectivity index (χ1v) is 10.2. The van der Waals surface area contributed by atoms with Crippen molar-refractivity contribution in [3.8, 4) is 11.4 Å². The number of nitrogens with one attached hydrogen (secondary N) is 1. The molecule has 1 aliphatic rings. The lowest BCUT2D eigenvalue weighted by atomic mass is 9.88. The Kier molecular flexibility index (Phi) is 4.12. The van der Waals surface area contributed by atoms with E-state index in [9.17, 15) is 8.42 Å². The zero-order chi connectivity index (χ0) is 18.2. The molecule has 0 amide bonds. The van der Waals surface area contributed by atoms with Gasteiger partial charge >= 0.3 is 0 Å². The van der Waals surface area contributed by atoms with Crippen molar-refractivity contribution >= 4 is 9.84 Å². The summed E-state index contributed by atoms with van der Waals surface area (Å²) in [6.07, 6.45) is 6.42. The summed E-state index contributed by atoms with van der Waals surface area (Å²) < 4.78 is 30.7. The van der Waals surface area contributed by atoms with Crippen LogP contribution in [0.4, 0.5) is 0 Å². The predicted octanol–water partition coefficient (Wildman–Crippen LogP) is 1.46. The van der Waals surface area contributed by atoms with Gasteiger partial charge in [0.05, 0.1) is 4.90 Å². The fraction of sp³-hybridized carbons (Fsp3) is 0.353. The number of sulfone groups is 1. The van der Waals surface area contributed by atoms with E-state index >= 15 is 0 Å². The van der Waals surface area contributed by atoms with Crippen molar-refractivity contribution in [1.29, 1.82) is 0 Å². The molecule has 136 valence electrons. The maximum absolute atomic E-state index is 11.6. The molecule has 1 saturated heterocycles. The third-order valence-electron chi connectivity index (χ3n) is 4.74. The van der Waals surface area contributed by atoms with Crippen LogP contribution in [0.1, 0.15) is 18.7 Å². The van der Waals surface area contributed by atoms with Gasteiger partial charge in [-0.3, -0.25) is 4.68 Å². The van der Waals surface area contributed by atoms with Gasteiger partial charge in [0.2, 0.25) is 5.82 Å². The fourth-order valence-corrected chi connectivity index (χ4v) is 3.91. The van der Waals surface area contributed by atoms with Crippen LogP contribution in [-0.4, -0.2) is 47.7 Å². The molecule has 8 nitrogen and oxygen atoms in total. The molecule has 0 saturated carbocycles. The first kappa shape index (κ1) is 16.9. The molecule has 1 N–H and O–H groups in total. The van der Waals surface area contributed by atoms with Crippen LogP contribution in [0.3, 0.4) is 0 Å². The van der Waals surface area contributed by atoms with Crippen LogP contribution in [0.5, 0.6) is 0 Å². The Hall–Kier alpha value is -2.52. The van der Waals surface area contributed by atoms with E-state index in [1.54, 1.807) is 30.5 Å².